The fourth-order valence-electron chi connectivity index (χ4n) is 2.33. The Morgan fingerprint density at radius 2 is 2.00 bits per heavy atom. The molecule has 0 radical (unpaired) electrons. The molecule has 7 nitrogen and oxygen atoms in total. The maximum Gasteiger partial charge on any atom is 0.244 e. The van der Waals surface area contributed by atoms with Crippen molar-refractivity contribution >= 4 is 21.7 Å². The van der Waals surface area contributed by atoms with E-state index in [1.165, 1.54) is 22.6 Å². The average molecular weight is 298 g/mol. The van der Waals surface area contributed by atoms with Crippen molar-refractivity contribution < 1.29 is 13.2 Å². The van der Waals surface area contributed by atoms with Crippen molar-refractivity contribution in [2.75, 3.05) is 18.8 Å². The number of carbonyl (C=O) groups excluding carboxylic acids is 1. The van der Waals surface area contributed by atoms with Crippen LogP contribution in [0.3, 0.4) is 0 Å². The van der Waals surface area contributed by atoms with Crippen LogP contribution < -0.4 is 11.5 Å². The number of nitrogens with zero attached hydrogens (tertiary/aromatic N) is 2. The number of hydrogen-bond acceptors (Lipinski definition) is 5. The molecule has 0 aromatic carbocycles. The van der Waals surface area contributed by atoms with Crippen LogP contribution >= 0.6 is 0 Å². The lowest BCUT2D eigenvalue weighted by molar-refractivity contribution is -0.119. The van der Waals surface area contributed by atoms with Crippen molar-refractivity contribution in [3.63, 3.8) is 0 Å². The van der Waals surface area contributed by atoms with E-state index in [1.54, 1.807) is 0 Å². The molecule has 0 spiro atoms. The van der Waals surface area contributed by atoms with Crippen LogP contribution in [0.4, 0.5) is 5.82 Å². The number of carbonyl (C=O) groups is 1. The van der Waals surface area contributed by atoms with Gasteiger partial charge in [-0.05, 0) is 30.9 Å². The number of aromatic nitrogens is 1. The summed E-state index contributed by atoms with van der Waals surface area (Å²) in [6.45, 7) is 0.787. The SMILES string of the molecule is NC(=O)CC1CCN(S(=O)(=O)c2ccc(N)nc2)CC1. The standard InChI is InChI=1S/C12H18N4O3S/c13-11-2-1-10(8-15-11)20(18,19)16-5-3-9(4-6-16)7-12(14)17/h1-2,8-9H,3-7H2,(H2,13,15)(H2,14,17). The fraction of sp³-hybridized carbons (Fsp3) is 0.500. The van der Waals surface area contributed by atoms with Crippen LogP contribution in [0.15, 0.2) is 23.2 Å². The third kappa shape index (κ3) is 3.26. The Morgan fingerprint density at radius 1 is 1.35 bits per heavy atom. The molecule has 1 aromatic heterocycles. The van der Waals surface area contributed by atoms with Gasteiger partial charge in [-0.15, -0.1) is 0 Å². The van der Waals surface area contributed by atoms with Crippen molar-refractivity contribution in [1.29, 1.82) is 0 Å². The molecular formula is C12H18N4O3S. The molecule has 0 aliphatic carbocycles. The molecule has 1 aromatic rings. The van der Waals surface area contributed by atoms with Crippen LogP contribution in [0.25, 0.3) is 0 Å². The molecule has 0 unspecified atom stereocenters. The van der Waals surface area contributed by atoms with Crippen LogP contribution in [0.2, 0.25) is 0 Å². The molecule has 0 bridgehead atoms. The zero-order valence-corrected chi connectivity index (χ0v) is 11.8. The molecule has 1 amide bonds. The molecule has 20 heavy (non-hydrogen) atoms. The van der Waals surface area contributed by atoms with Gasteiger partial charge in [-0.3, -0.25) is 4.79 Å². The summed E-state index contributed by atoms with van der Waals surface area (Å²) >= 11 is 0. The lowest BCUT2D eigenvalue weighted by atomic mass is 9.94. The van der Waals surface area contributed by atoms with E-state index in [4.69, 9.17) is 11.5 Å². The first kappa shape index (κ1) is 14.7. The third-order valence-corrected chi connectivity index (χ3v) is 5.34. The van der Waals surface area contributed by atoms with E-state index in [0.29, 0.717) is 32.4 Å². The van der Waals surface area contributed by atoms with Gasteiger partial charge in [0.15, 0.2) is 0 Å². The first-order valence-electron chi connectivity index (χ1n) is 6.39. The van der Waals surface area contributed by atoms with Crippen molar-refractivity contribution in [2.45, 2.75) is 24.2 Å². The molecule has 0 atom stereocenters. The summed E-state index contributed by atoms with van der Waals surface area (Å²) in [5.41, 5.74) is 10.6. The maximum absolute atomic E-state index is 12.4. The van der Waals surface area contributed by atoms with Gasteiger partial charge in [0.25, 0.3) is 0 Å². The van der Waals surface area contributed by atoms with Crippen molar-refractivity contribution in [3.05, 3.63) is 18.3 Å². The molecule has 2 heterocycles. The molecule has 0 saturated carbocycles. The summed E-state index contributed by atoms with van der Waals surface area (Å²) in [7, 11) is -3.53. The van der Waals surface area contributed by atoms with Crippen LogP contribution in [0.1, 0.15) is 19.3 Å². The molecule has 2 rings (SSSR count). The number of rotatable bonds is 4. The van der Waals surface area contributed by atoms with E-state index in [-0.39, 0.29) is 22.5 Å². The number of pyridine rings is 1. The first-order valence-corrected chi connectivity index (χ1v) is 7.83. The summed E-state index contributed by atoms with van der Waals surface area (Å²) < 4.78 is 26.2. The summed E-state index contributed by atoms with van der Waals surface area (Å²) in [5.74, 6) is 0.113. The molecule has 110 valence electrons. The Hall–Kier alpha value is -1.67. The number of sulfonamides is 1. The lowest BCUT2D eigenvalue weighted by Crippen LogP contribution is -2.39. The number of nitrogen functional groups attached to an aromatic ring is 1. The number of piperidine rings is 1. The second-order valence-electron chi connectivity index (χ2n) is 4.94. The number of primary amides is 1. The Morgan fingerprint density at radius 3 is 2.50 bits per heavy atom. The average Bonchev–Trinajstić information content (AvgIpc) is 2.39. The fourth-order valence-corrected chi connectivity index (χ4v) is 3.75. The third-order valence-electron chi connectivity index (χ3n) is 3.46. The van der Waals surface area contributed by atoms with Crippen LogP contribution in [-0.2, 0) is 14.8 Å². The zero-order chi connectivity index (χ0) is 14.8. The Kier molecular flexibility index (Phi) is 4.24. The van der Waals surface area contributed by atoms with Crippen LogP contribution in [0.5, 0.6) is 0 Å². The van der Waals surface area contributed by atoms with Gasteiger partial charge in [0, 0.05) is 25.7 Å². The van der Waals surface area contributed by atoms with Gasteiger partial charge in [-0.1, -0.05) is 0 Å². The first-order chi connectivity index (χ1) is 9.39. The quantitative estimate of drug-likeness (QED) is 0.807. The molecular weight excluding hydrogens is 280 g/mol. The van der Waals surface area contributed by atoms with Gasteiger partial charge in [-0.25, -0.2) is 13.4 Å². The number of anilines is 1. The molecule has 1 fully saturated rings. The second-order valence-corrected chi connectivity index (χ2v) is 6.87. The monoisotopic (exact) mass is 298 g/mol. The smallest absolute Gasteiger partial charge is 0.244 e. The predicted molar refractivity (Wildman–Crippen MR) is 73.9 cm³/mol. The van der Waals surface area contributed by atoms with E-state index in [9.17, 15) is 13.2 Å². The normalized spacial score (nSPS) is 18.0. The highest BCUT2D eigenvalue weighted by Gasteiger charge is 2.30. The van der Waals surface area contributed by atoms with Gasteiger partial charge in [-0.2, -0.15) is 4.31 Å². The minimum atomic E-state index is -3.53. The molecule has 1 saturated heterocycles. The largest absolute Gasteiger partial charge is 0.384 e. The van der Waals surface area contributed by atoms with Gasteiger partial charge >= 0.3 is 0 Å². The lowest BCUT2D eigenvalue weighted by Gasteiger charge is -2.30. The molecule has 4 N–H and O–H groups in total. The maximum atomic E-state index is 12.4. The Labute approximate surface area is 118 Å². The van der Waals surface area contributed by atoms with Crippen LogP contribution in [0, 0.1) is 5.92 Å². The molecule has 1 aliphatic rings. The minimum Gasteiger partial charge on any atom is -0.384 e. The predicted octanol–water partition coefficient (Wildman–Crippen LogP) is -0.0601. The van der Waals surface area contributed by atoms with Crippen molar-refractivity contribution in [3.8, 4) is 0 Å². The van der Waals surface area contributed by atoms with E-state index in [2.05, 4.69) is 4.98 Å². The Bertz CT molecular complexity index is 577. The van der Waals surface area contributed by atoms with Gasteiger partial charge in [0.2, 0.25) is 15.9 Å². The van der Waals surface area contributed by atoms with Gasteiger partial charge in [0.1, 0.15) is 10.7 Å². The topological polar surface area (TPSA) is 119 Å². The molecule has 8 heteroatoms. The Balaban J connectivity index is 2.05. The number of hydrogen-bond donors (Lipinski definition) is 2. The summed E-state index contributed by atoms with van der Waals surface area (Å²) in [6.07, 6.45) is 2.87. The van der Waals surface area contributed by atoms with Crippen LogP contribution in [-0.4, -0.2) is 36.7 Å². The second kappa shape index (κ2) is 5.76. The van der Waals surface area contributed by atoms with Gasteiger partial charge in [0.05, 0.1) is 0 Å². The van der Waals surface area contributed by atoms with Gasteiger partial charge < -0.3 is 11.5 Å². The van der Waals surface area contributed by atoms with E-state index in [0.717, 1.165) is 0 Å². The number of amides is 1. The summed E-state index contributed by atoms with van der Waals surface area (Å²) in [6, 6.07) is 2.92. The highest BCUT2D eigenvalue weighted by molar-refractivity contribution is 7.89. The zero-order valence-electron chi connectivity index (χ0n) is 11.0. The molecule has 1 aliphatic heterocycles. The summed E-state index contributed by atoms with van der Waals surface area (Å²) in [4.78, 5) is 14.8. The van der Waals surface area contributed by atoms with Crippen molar-refractivity contribution in [2.24, 2.45) is 11.7 Å². The van der Waals surface area contributed by atoms with E-state index < -0.39 is 10.0 Å². The minimum absolute atomic E-state index is 0.139. The van der Waals surface area contributed by atoms with E-state index in [1.807, 2.05) is 0 Å². The number of nitrogens with two attached hydrogens (primary N) is 2. The van der Waals surface area contributed by atoms with Crippen molar-refractivity contribution in [1.82, 2.24) is 9.29 Å². The highest BCUT2D eigenvalue weighted by atomic mass is 32.2. The highest BCUT2D eigenvalue weighted by Crippen LogP contribution is 2.25. The van der Waals surface area contributed by atoms with E-state index >= 15 is 0 Å². The summed E-state index contributed by atoms with van der Waals surface area (Å²) in [5, 5.41) is 0.